The van der Waals surface area contributed by atoms with Crippen LogP contribution < -0.4 is 16.4 Å². The molecule has 1 aliphatic rings. The van der Waals surface area contributed by atoms with Crippen molar-refractivity contribution >= 4 is 29.2 Å². The SMILES string of the molecule is NC(=O)Nc1ccc(NC(=O)c2ccc(CN3CCCC3=O)cc2)cc1. The van der Waals surface area contributed by atoms with Gasteiger partial charge in [0.05, 0.1) is 0 Å². The van der Waals surface area contributed by atoms with E-state index in [0.29, 0.717) is 29.9 Å². The van der Waals surface area contributed by atoms with Gasteiger partial charge in [-0.3, -0.25) is 9.59 Å². The number of nitrogens with two attached hydrogens (primary N) is 1. The van der Waals surface area contributed by atoms with Crippen LogP contribution in [0.1, 0.15) is 28.8 Å². The number of amides is 4. The van der Waals surface area contributed by atoms with Gasteiger partial charge in [0.25, 0.3) is 5.91 Å². The molecule has 0 saturated carbocycles. The first kappa shape index (κ1) is 17.5. The van der Waals surface area contributed by atoms with Crippen molar-refractivity contribution in [2.75, 3.05) is 17.2 Å². The van der Waals surface area contributed by atoms with Gasteiger partial charge in [0.1, 0.15) is 0 Å². The molecule has 2 aromatic carbocycles. The number of primary amides is 1. The predicted molar refractivity (Wildman–Crippen MR) is 98.7 cm³/mol. The summed E-state index contributed by atoms with van der Waals surface area (Å²) in [6.45, 7) is 1.37. The molecule has 1 saturated heterocycles. The van der Waals surface area contributed by atoms with E-state index < -0.39 is 6.03 Å². The van der Waals surface area contributed by atoms with Gasteiger partial charge in [0, 0.05) is 36.4 Å². The Balaban J connectivity index is 1.59. The van der Waals surface area contributed by atoms with Gasteiger partial charge in [0.15, 0.2) is 0 Å². The maximum atomic E-state index is 12.3. The summed E-state index contributed by atoms with van der Waals surface area (Å²) in [4.78, 5) is 36.6. The lowest BCUT2D eigenvalue weighted by Crippen LogP contribution is -2.23. The summed E-state index contributed by atoms with van der Waals surface area (Å²) in [6, 6.07) is 13.2. The van der Waals surface area contributed by atoms with Crippen molar-refractivity contribution < 1.29 is 14.4 Å². The van der Waals surface area contributed by atoms with Crippen molar-refractivity contribution in [2.24, 2.45) is 5.73 Å². The molecule has 7 nitrogen and oxygen atoms in total. The molecule has 0 bridgehead atoms. The first-order valence-electron chi connectivity index (χ1n) is 8.36. The van der Waals surface area contributed by atoms with E-state index in [1.165, 1.54) is 0 Å². The maximum absolute atomic E-state index is 12.3. The number of anilines is 2. The fraction of sp³-hybridized carbons (Fsp3) is 0.211. The number of benzene rings is 2. The number of carbonyl (C=O) groups is 3. The van der Waals surface area contributed by atoms with Crippen LogP contribution in [0.25, 0.3) is 0 Å². The second kappa shape index (κ2) is 7.69. The van der Waals surface area contributed by atoms with E-state index in [2.05, 4.69) is 10.6 Å². The number of nitrogens with one attached hydrogen (secondary N) is 2. The number of hydrogen-bond acceptors (Lipinski definition) is 3. The second-order valence-corrected chi connectivity index (χ2v) is 6.14. The fourth-order valence-electron chi connectivity index (χ4n) is 2.84. The summed E-state index contributed by atoms with van der Waals surface area (Å²) in [5.74, 6) is -0.0505. The molecule has 7 heteroatoms. The third kappa shape index (κ3) is 4.38. The van der Waals surface area contributed by atoms with Crippen molar-refractivity contribution in [3.63, 3.8) is 0 Å². The normalized spacial score (nSPS) is 13.5. The van der Waals surface area contributed by atoms with Gasteiger partial charge in [-0.2, -0.15) is 0 Å². The number of rotatable bonds is 5. The Kier molecular flexibility index (Phi) is 5.17. The van der Waals surface area contributed by atoms with E-state index in [4.69, 9.17) is 5.73 Å². The van der Waals surface area contributed by atoms with Gasteiger partial charge in [-0.15, -0.1) is 0 Å². The van der Waals surface area contributed by atoms with Gasteiger partial charge in [0.2, 0.25) is 5.91 Å². The fourth-order valence-corrected chi connectivity index (χ4v) is 2.84. The van der Waals surface area contributed by atoms with Gasteiger partial charge in [-0.05, 0) is 48.4 Å². The van der Waals surface area contributed by atoms with Crippen LogP contribution in [0.15, 0.2) is 48.5 Å². The Morgan fingerprint density at radius 2 is 1.58 bits per heavy atom. The average molecular weight is 352 g/mol. The van der Waals surface area contributed by atoms with Crippen molar-refractivity contribution in [3.8, 4) is 0 Å². The Morgan fingerprint density at radius 1 is 0.962 bits per heavy atom. The Bertz CT molecular complexity index is 816. The molecule has 0 radical (unpaired) electrons. The van der Waals surface area contributed by atoms with E-state index >= 15 is 0 Å². The monoisotopic (exact) mass is 352 g/mol. The molecule has 4 amide bonds. The lowest BCUT2D eigenvalue weighted by atomic mass is 10.1. The molecule has 0 spiro atoms. The molecule has 1 aliphatic heterocycles. The summed E-state index contributed by atoms with van der Waals surface area (Å²) in [5.41, 5.74) is 7.74. The van der Waals surface area contributed by atoms with Crippen LogP contribution >= 0.6 is 0 Å². The number of hydrogen-bond donors (Lipinski definition) is 3. The molecule has 26 heavy (non-hydrogen) atoms. The highest BCUT2D eigenvalue weighted by atomic mass is 16.2. The third-order valence-corrected chi connectivity index (χ3v) is 4.17. The first-order valence-corrected chi connectivity index (χ1v) is 8.36. The molecule has 1 heterocycles. The lowest BCUT2D eigenvalue weighted by molar-refractivity contribution is -0.128. The van der Waals surface area contributed by atoms with Gasteiger partial charge < -0.3 is 21.3 Å². The Labute approximate surface area is 151 Å². The van der Waals surface area contributed by atoms with Crippen LogP contribution in [-0.4, -0.2) is 29.3 Å². The molecular formula is C19H20N4O3. The van der Waals surface area contributed by atoms with Crippen molar-refractivity contribution in [2.45, 2.75) is 19.4 Å². The molecule has 4 N–H and O–H groups in total. The number of nitrogens with zero attached hydrogens (tertiary/aromatic N) is 1. The van der Waals surface area contributed by atoms with E-state index in [1.807, 2.05) is 17.0 Å². The van der Waals surface area contributed by atoms with Crippen molar-refractivity contribution in [1.82, 2.24) is 4.90 Å². The van der Waals surface area contributed by atoms with E-state index in [-0.39, 0.29) is 11.8 Å². The minimum Gasteiger partial charge on any atom is -0.351 e. The summed E-state index contributed by atoms with van der Waals surface area (Å²) < 4.78 is 0. The molecule has 2 aromatic rings. The highest BCUT2D eigenvalue weighted by Crippen LogP contribution is 2.17. The minimum atomic E-state index is -0.641. The highest BCUT2D eigenvalue weighted by Gasteiger charge is 2.20. The number of carbonyl (C=O) groups excluding carboxylic acids is 3. The second-order valence-electron chi connectivity index (χ2n) is 6.14. The molecule has 0 unspecified atom stereocenters. The zero-order chi connectivity index (χ0) is 18.5. The molecule has 3 rings (SSSR count). The average Bonchev–Trinajstić information content (AvgIpc) is 3.01. The predicted octanol–water partition coefficient (Wildman–Crippen LogP) is 2.55. The van der Waals surface area contributed by atoms with Crippen molar-refractivity contribution in [1.29, 1.82) is 0 Å². The largest absolute Gasteiger partial charge is 0.351 e. The zero-order valence-corrected chi connectivity index (χ0v) is 14.2. The van der Waals surface area contributed by atoms with Crippen LogP contribution in [0.3, 0.4) is 0 Å². The third-order valence-electron chi connectivity index (χ3n) is 4.17. The quantitative estimate of drug-likeness (QED) is 0.770. The summed E-state index contributed by atoms with van der Waals surface area (Å²) in [7, 11) is 0. The van der Waals surface area contributed by atoms with Crippen molar-refractivity contribution in [3.05, 3.63) is 59.7 Å². The van der Waals surface area contributed by atoms with Gasteiger partial charge in [-0.25, -0.2) is 4.79 Å². The first-order chi connectivity index (χ1) is 12.5. The Morgan fingerprint density at radius 3 is 2.12 bits per heavy atom. The summed E-state index contributed by atoms with van der Waals surface area (Å²) in [5, 5.41) is 5.25. The molecule has 0 aromatic heterocycles. The van der Waals surface area contributed by atoms with Gasteiger partial charge >= 0.3 is 6.03 Å². The van der Waals surface area contributed by atoms with E-state index in [1.54, 1.807) is 36.4 Å². The Hall–Kier alpha value is -3.35. The number of urea groups is 1. The minimum absolute atomic E-state index is 0.182. The van der Waals surface area contributed by atoms with Gasteiger partial charge in [-0.1, -0.05) is 12.1 Å². The van der Waals surface area contributed by atoms with E-state index in [0.717, 1.165) is 18.5 Å². The van der Waals surface area contributed by atoms with E-state index in [9.17, 15) is 14.4 Å². The molecule has 1 fully saturated rings. The summed E-state index contributed by atoms with van der Waals surface area (Å²) >= 11 is 0. The number of likely N-dealkylation sites (tertiary alicyclic amines) is 1. The summed E-state index contributed by atoms with van der Waals surface area (Å²) in [6.07, 6.45) is 1.53. The van der Waals surface area contributed by atoms with Crippen LogP contribution in [0, 0.1) is 0 Å². The molecule has 0 aliphatic carbocycles. The smallest absolute Gasteiger partial charge is 0.316 e. The molecule has 0 atom stereocenters. The van der Waals surface area contributed by atoms with Crippen LogP contribution in [0.4, 0.5) is 16.2 Å². The van der Waals surface area contributed by atoms with Crippen LogP contribution in [0.5, 0.6) is 0 Å². The topological polar surface area (TPSA) is 105 Å². The van der Waals surface area contributed by atoms with Crippen LogP contribution in [-0.2, 0) is 11.3 Å². The lowest BCUT2D eigenvalue weighted by Gasteiger charge is -2.15. The maximum Gasteiger partial charge on any atom is 0.316 e. The highest BCUT2D eigenvalue weighted by molar-refractivity contribution is 6.04. The standard InChI is InChI=1S/C19H20N4O3/c20-19(26)22-16-9-7-15(8-10-16)21-18(25)14-5-3-13(4-6-14)12-23-11-1-2-17(23)24/h3-10H,1-2,11-12H2,(H,21,25)(H3,20,22,26). The van der Waals surface area contributed by atoms with Crippen LogP contribution in [0.2, 0.25) is 0 Å². The zero-order valence-electron chi connectivity index (χ0n) is 14.2. The molecule has 134 valence electrons. The molecular weight excluding hydrogens is 332 g/mol.